The third-order valence-corrected chi connectivity index (χ3v) is 6.84. The van der Waals surface area contributed by atoms with Gasteiger partial charge in [0.15, 0.2) is 0 Å². The lowest BCUT2D eigenvalue weighted by atomic mass is 10.0. The van der Waals surface area contributed by atoms with Crippen LogP contribution >= 0.6 is 0 Å². The fraction of sp³-hybridized carbons (Fsp3) is 0. The number of hydrogen-bond donors (Lipinski definition) is 1. The molecule has 0 aliphatic rings. The summed E-state index contributed by atoms with van der Waals surface area (Å²) in [6.07, 6.45) is 0. The van der Waals surface area contributed by atoms with Crippen LogP contribution in [0.4, 0.5) is 0 Å². The van der Waals surface area contributed by atoms with E-state index >= 15 is 0 Å². The molecular weight excluding hydrogens is 364 g/mol. The van der Waals surface area contributed by atoms with E-state index in [4.69, 9.17) is 0 Å². The summed E-state index contributed by atoms with van der Waals surface area (Å²) in [5, 5.41) is 10.4. The van der Waals surface area contributed by atoms with E-state index in [-0.39, 0.29) is 0 Å². The summed E-state index contributed by atoms with van der Waals surface area (Å²) >= 11 is 0. The van der Waals surface area contributed by atoms with Crippen LogP contribution in [-0.4, -0.2) is 9.38 Å². The fourth-order valence-electron chi connectivity index (χ4n) is 5.57. The van der Waals surface area contributed by atoms with Crippen LogP contribution in [0.25, 0.3) is 70.7 Å². The Bertz CT molecular complexity index is 1950. The van der Waals surface area contributed by atoms with Gasteiger partial charge >= 0.3 is 0 Å². The van der Waals surface area contributed by atoms with Crippen LogP contribution in [0.1, 0.15) is 0 Å². The molecule has 0 amide bonds. The molecular formula is C28H16N2. The molecule has 0 atom stereocenters. The number of nitrogens with one attached hydrogen (secondary N) is 1. The molecule has 30 heavy (non-hydrogen) atoms. The Labute approximate surface area is 171 Å². The normalized spacial score (nSPS) is 12.7. The largest absolute Gasteiger partial charge is 0.354 e. The molecule has 1 N–H and O–H groups in total. The van der Waals surface area contributed by atoms with Crippen molar-refractivity contribution in [3.63, 3.8) is 0 Å². The summed E-state index contributed by atoms with van der Waals surface area (Å²) < 4.78 is 2.45. The Morgan fingerprint density at radius 2 is 1.27 bits per heavy atom. The minimum absolute atomic E-state index is 1.19. The number of aromatic amines is 1. The maximum absolute atomic E-state index is 3.68. The molecule has 0 unspecified atom stereocenters. The van der Waals surface area contributed by atoms with E-state index in [1.54, 1.807) is 0 Å². The first-order chi connectivity index (χ1) is 14.9. The lowest BCUT2D eigenvalue weighted by Crippen LogP contribution is -1.82. The number of rotatable bonds is 0. The molecule has 3 heterocycles. The van der Waals surface area contributed by atoms with E-state index in [1.807, 2.05) is 0 Å². The van der Waals surface area contributed by atoms with Gasteiger partial charge in [-0.05, 0) is 29.7 Å². The van der Waals surface area contributed by atoms with Gasteiger partial charge in [0.2, 0.25) is 0 Å². The van der Waals surface area contributed by atoms with Crippen LogP contribution in [0.3, 0.4) is 0 Å². The van der Waals surface area contributed by atoms with Crippen LogP contribution in [0.15, 0.2) is 91.0 Å². The summed E-state index contributed by atoms with van der Waals surface area (Å²) in [6.45, 7) is 0. The maximum atomic E-state index is 3.68. The van der Waals surface area contributed by atoms with Crippen molar-refractivity contribution < 1.29 is 0 Å². The molecule has 0 saturated heterocycles. The van der Waals surface area contributed by atoms with Crippen LogP contribution in [-0.2, 0) is 0 Å². The second-order valence-electron chi connectivity index (χ2n) is 8.30. The van der Waals surface area contributed by atoms with Gasteiger partial charge in [0.25, 0.3) is 0 Å². The first-order valence-electron chi connectivity index (χ1n) is 10.4. The molecule has 0 bridgehead atoms. The lowest BCUT2D eigenvalue weighted by Gasteiger charge is -2.03. The topological polar surface area (TPSA) is 20.2 Å². The highest BCUT2D eigenvalue weighted by molar-refractivity contribution is 6.26. The predicted molar refractivity (Wildman–Crippen MR) is 128 cm³/mol. The quantitative estimate of drug-likeness (QED) is 0.279. The summed E-state index contributed by atoms with van der Waals surface area (Å²) in [4.78, 5) is 3.68. The van der Waals surface area contributed by atoms with E-state index in [2.05, 4.69) is 100 Å². The minimum atomic E-state index is 1.19. The molecule has 5 aromatic carbocycles. The van der Waals surface area contributed by atoms with Gasteiger partial charge in [-0.15, -0.1) is 0 Å². The molecule has 8 aromatic rings. The van der Waals surface area contributed by atoms with Crippen molar-refractivity contribution >= 4 is 70.7 Å². The Balaban J connectivity index is 1.67. The first kappa shape index (κ1) is 14.9. The molecule has 2 nitrogen and oxygen atoms in total. The van der Waals surface area contributed by atoms with E-state index in [0.29, 0.717) is 0 Å². The average Bonchev–Trinajstić information content (AvgIpc) is 3.44. The highest BCUT2D eigenvalue weighted by Gasteiger charge is 2.18. The van der Waals surface area contributed by atoms with E-state index in [1.165, 1.54) is 70.7 Å². The number of aromatic nitrogens is 2. The molecule has 0 fully saturated rings. The Kier molecular flexibility index (Phi) is 2.44. The second kappa shape index (κ2) is 4.92. The zero-order chi connectivity index (χ0) is 19.4. The SMILES string of the molecule is c1ccc2c(c1)[nH]c1c3cc4c(cc3ccc21)c1cccc2c3ccccc3n4c21. The number of H-pyrrole nitrogens is 1. The predicted octanol–water partition coefficient (Wildman–Crippen LogP) is 7.62. The number of fused-ring (bicyclic) bond motifs is 11. The molecule has 138 valence electrons. The van der Waals surface area contributed by atoms with Crippen molar-refractivity contribution in [3.8, 4) is 0 Å². The summed E-state index contributed by atoms with van der Waals surface area (Å²) in [7, 11) is 0. The third kappa shape index (κ3) is 1.60. The third-order valence-electron chi connectivity index (χ3n) is 6.84. The first-order valence-corrected chi connectivity index (χ1v) is 10.4. The van der Waals surface area contributed by atoms with Gasteiger partial charge in [0, 0.05) is 43.2 Å². The molecule has 0 saturated carbocycles. The van der Waals surface area contributed by atoms with Crippen molar-refractivity contribution in [2.75, 3.05) is 0 Å². The van der Waals surface area contributed by atoms with E-state index in [0.717, 1.165) is 0 Å². The van der Waals surface area contributed by atoms with Gasteiger partial charge in [-0.2, -0.15) is 0 Å². The van der Waals surface area contributed by atoms with Crippen LogP contribution < -0.4 is 0 Å². The van der Waals surface area contributed by atoms with Gasteiger partial charge < -0.3 is 9.38 Å². The fourth-order valence-corrected chi connectivity index (χ4v) is 5.57. The van der Waals surface area contributed by atoms with Crippen LogP contribution in [0.5, 0.6) is 0 Å². The number of benzene rings is 5. The van der Waals surface area contributed by atoms with Crippen molar-refractivity contribution in [3.05, 3.63) is 91.0 Å². The Morgan fingerprint density at radius 1 is 0.500 bits per heavy atom. The molecule has 0 aliphatic heterocycles. The monoisotopic (exact) mass is 380 g/mol. The summed E-state index contributed by atoms with van der Waals surface area (Å²) in [5.74, 6) is 0. The van der Waals surface area contributed by atoms with Crippen molar-refractivity contribution in [1.82, 2.24) is 9.38 Å². The molecule has 0 aliphatic carbocycles. The smallest absolute Gasteiger partial charge is 0.0620 e. The molecule has 8 rings (SSSR count). The van der Waals surface area contributed by atoms with Gasteiger partial charge in [0.05, 0.1) is 22.1 Å². The summed E-state index contributed by atoms with van der Waals surface area (Å²) in [5.41, 5.74) is 6.30. The molecule has 0 spiro atoms. The van der Waals surface area contributed by atoms with Gasteiger partial charge in [-0.25, -0.2) is 0 Å². The molecule has 0 radical (unpaired) electrons. The minimum Gasteiger partial charge on any atom is -0.354 e. The van der Waals surface area contributed by atoms with Gasteiger partial charge in [-0.3, -0.25) is 0 Å². The standard InChI is InChI=1S/C28H16N2/c1-3-10-24-17(6-1)19-13-12-16-14-23-21-9-5-8-20-18-7-2-4-11-25(18)30(28(20)21)26(23)15-22(16)27(19)29-24/h1-15,29H. The van der Waals surface area contributed by atoms with Crippen molar-refractivity contribution in [2.24, 2.45) is 0 Å². The van der Waals surface area contributed by atoms with Crippen molar-refractivity contribution in [1.29, 1.82) is 0 Å². The van der Waals surface area contributed by atoms with E-state index < -0.39 is 0 Å². The Hall–Kier alpha value is -4.04. The molecule has 3 aromatic heterocycles. The average molecular weight is 380 g/mol. The highest BCUT2D eigenvalue weighted by atomic mass is 14.9. The Morgan fingerprint density at radius 3 is 2.20 bits per heavy atom. The van der Waals surface area contributed by atoms with Crippen LogP contribution in [0.2, 0.25) is 0 Å². The maximum Gasteiger partial charge on any atom is 0.0620 e. The van der Waals surface area contributed by atoms with Crippen LogP contribution in [0, 0.1) is 0 Å². The molecule has 2 heteroatoms. The number of hydrogen-bond acceptors (Lipinski definition) is 0. The number of nitrogens with zero attached hydrogens (tertiary/aromatic N) is 1. The number of para-hydroxylation sites is 3. The summed E-state index contributed by atoms with van der Waals surface area (Å²) in [6, 6.07) is 33.3. The highest BCUT2D eigenvalue weighted by Crippen LogP contribution is 2.41. The van der Waals surface area contributed by atoms with Crippen molar-refractivity contribution in [2.45, 2.75) is 0 Å². The van der Waals surface area contributed by atoms with Gasteiger partial charge in [0.1, 0.15) is 0 Å². The zero-order valence-electron chi connectivity index (χ0n) is 16.1. The van der Waals surface area contributed by atoms with Gasteiger partial charge in [-0.1, -0.05) is 66.7 Å². The lowest BCUT2D eigenvalue weighted by molar-refractivity contribution is 1.37. The zero-order valence-corrected chi connectivity index (χ0v) is 16.1. The second-order valence-corrected chi connectivity index (χ2v) is 8.30. The van der Waals surface area contributed by atoms with E-state index in [9.17, 15) is 0 Å².